The summed E-state index contributed by atoms with van der Waals surface area (Å²) in [6.07, 6.45) is -9.09. The standard InChI is InChI=1S/C26H29F6NO3/c1-17(18-13-20(25(27,28)29)15-21(14-18)26(30,31)32)36-16-23(19-5-3-2-4-6-19)9-11-24(35,12-10-23)8-7-22(33)34/h2-6,13-15,17,35H,7-12,16H2,1H3,(H2,33,34). The van der Waals surface area contributed by atoms with Crippen molar-refractivity contribution in [3.8, 4) is 0 Å². The number of hydrogen-bond acceptors (Lipinski definition) is 3. The van der Waals surface area contributed by atoms with Gasteiger partial charge in [-0.25, -0.2) is 0 Å². The van der Waals surface area contributed by atoms with E-state index in [1.165, 1.54) is 6.92 Å². The third kappa shape index (κ3) is 6.79. The molecular formula is C26H29F6NO3. The van der Waals surface area contributed by atoms with Crippen molar-refractivity contribution in [2.24, 2.45) is 5.73 Å². The maximum absolute atomic E-state index is 13.3. The number of amides is 1. The minimum Gasteiger partial charge on any atom is -0.390 e. The largest absolute Gasteiger partial charge is 0.416 e. The Kier molecular flexibility index (Phi) is 8.10. The fraction of sp³-hybridized carbons (Fsp3) is 0.500. The normalized spacial score (nSPS) is 23.9. The van der Waals surface area contributed by atoms with Gasteiger partial charge in [-0.15, -0.1) is 0 Å². The highest BCUT2D eigenvalue weighted by molar-refractivity contribution is 5.73. The zero-order chi connectivity index (χ0) is 26.8. The zero-order valence-electron chi connectivity index (χ0n) is 19.8. The minimum atomic E-state index is -4.94. The number of alkyl halides is 6. The first-order valence-corrected chi connectivity index (χ1v) is 11.6. The fourth-order valence-electron chi connectivity index (χ4n) is 4.70. The molecule has 0 aromatic heterocycles. The number of hydrogen-bond donors (Lipinski definition) is 2. The van der Waals surface area contributed by atoms with Crippen molar-refractivity contribution in [1.29, 1.82) is 0 Å². The summed E-state index contributed by atoms with van der Waals surface area (Å²) >= 11 is 0. The summed E-state index contributed by atoms with van der Waals surface area (Å²) < 4.78 is 85.6. The van der Waals surface area contributed by atoms with Crippen molar-refractivity contribution < 1.29 is 41.0 Å². The highest BCUT2D eigenvalue weighted by atomic mass is 19.4. The smallest absolute Gasteiger partial charge is 0.390 e. The first kappa shape index (κ1) is 28.0. The van der Waals surface area contributed by atoms with Crippen molar-refractivity contribution in [1.82, 2.24) is 0 Å². The van der Waals surface area contributed by atoms with E-state index in [1.54, 1.807) is 0 Å². The van der Waals surface area contributed by atoms with Gasteiger partial charge in [0.25, 0.3) is 0 Å². The number of aliphatic hydroxyl groups is 1. The number of carbonyl (C=O) groups is 1. The van der Waals surface area contributed by atoms with Crippen LogP contribution in [0.1, 0.15) is 73.8 Å². The van der Waals surface area contributed by atoms with E-state index in [4.69, 9.17) is 10.5 Å². The Morgan fingerprint density at radius 1 is 0.972 bits per heavy atom. The van der Waals surface area contributed by atoms with Crippen LogP contribution in [0, 0.1) is 0 Å². The van der Waals surface area contributed by atoms with Gasteiger partial charge in [0, 0.05) is 11.8 Å². The summed E-state index contributed by atoms with van der Waals surface area (Å²) in [5.74, 6) is -0.514. The second-order valence-corrected chi connectivity index (χ2v) is 9.63. The molecule has 0 spiro atoms. The molecule has 198 valence electrons. The molecule has 10 heteroatoms. The lowest BCUT2D eigenvalue weighted by molar-refractivity contribution is -0.143. The second kappa shape index (κ2) is 10.4. The quantitative estimate of drug-likeness (QED) is 0.403. The lowest BCUT2D eigenvalue weighted by Gasteiger charge is -2.45. The van der Waals surface area contributed by atoms with E-state index in [0.29, 0.717) is 37.8 Å². The number of primary amides is 1. The van der Waals surface area contributed by atoms with E-state index in [1.807, 2.05) is 30.3 Å². The molecule has 2 aromatic carbocycles. The molecule has 1 unspecified atom stereocenters. The zero-order valence-corrected chi connectivity index (χ0v) is 19.8. The average Bonchev–Trinajstić information content (AvgIpc) is 2.82. The Bertz CT molecular complexity index is 1010. The molecule has 3 N–H and O–H groups in total. The van der Waals surface area contributed by atoms with Crippen molar-refractivity contribution in [3.05, 3.63) is 70.8 Å². The molecule has 0 saturated heterocycles. The van der Waals surface area contributed by atoms with Gasteiger partial charge in [0.05, 0.1) is 29.4 Å². The summed E-state index contributed by atoms with van der Waals surface area (Å²) in [6, 6.07) is 10.7. The number of halogens is 6. The molecule has 36 heavy (non-hydrogen) atoms. The molecule has 2 aromatic rings. The highest BCUT2D eigenvalue weighted by Crippen LogP contribution is 2.46. The molecule has 3 rings (SSSR count). The third-order valence-corrected chi connectivity index (χ3v) is 7.05. The number of benzene rings is 2. The Morgan fingerprint density at radius 3 is 1.97 bits per heavy atom. The van der Waals surface area contributed by atoms with Gasteiger partial charge in [-0.2, -0.15) is 26.3 Å². The van der Waals surface area contributed by atoms with Crippen LogP contribution in [0.15, 0.2) is 48.5 Å². The molecule has 0 aliphatic heterocycles. The molecule has 1 saturated carbocycles. The van der Waals surface area contributed by atoms with Gasteiger partial charge in [-0.3, -0.25) is 4.79 Å². The summed E-state index contributed by atoms with van der Waals surface area (Å²) in [5.41, 5.74) is 1.41. The molecule has 0 bridgehead atoms. The van der Waals surface area contributed by atoms with Crippen LogP contribution in [0.2, 0.25) is 0 Å². The first-order chi connectivity index (χ1) is 16.6. The van der Waals surface area contributed by atoms with E-state index in [-0.39, 0.29) is 31.1 Å². The highest BCUT2D eigenvalue weighted by Gasteiger charge is 2.43. The van der Waals surface area contributed by atoms with Crippen LogP contribution in [-0.4, -0.2) is 23.2 Å². The monoisotopic (exact) mass is 517 g/mol. The summed E-state index contributed by atoms with van der Waals surface area (Å²) in [4.78, 5) is 11.2. The van der Waals surface area contributed by atoms with Crippen molar-refractivity contribution >= 4 is 5.91 Å². The van der Waals surface area contributed by atoms with Gasteiger partial charge < -0.3 is 15.6 Å². The SMILES string of the molecule is CC(OCC1(c2ccccc2)CCC(O)(CCC(N)=O)CC1)c1cc(C(F)(F)F)cc(C(F)(F)F)c1. The van der Waals surface area contributed by atoms with Gasteiger partial charge in [0.2, 0.25) is 5.91 Å². The first-order valence-electron chi connectivity index (χ1n) is 11.6. The van der Waals surface area contributed by atoms with Crippen molar-refractivity contribution in [3.63, 3.8) is 0 Å². The van der Waals surface area contributed by atoms with Crippen LogP contribution in [0.5, 0.6) is 0 Å². The van der Waals surface area contributed by atoms with E-state index in [0.717, 1.165) is 5.56 Å². The Labute approximate surface area is 205 Å². The maximum Gasteiger partial charge on any atom is 0.416 e. The number of rotatable bonds is 8. The van der Waals surface area contributed by atoms with Crippen LogP contribution in [0.3, 0.4) is 0 Å². The molecule has 1 fully saturated rings. The molecule has 1 aliphatic rings. The van der Waals surface area contributed by atoms with Crippen molar-refractivity contribution in [2.75, 3.05) is 6.61 Å². The van der Waals surface area contributed by atoms with Gasteiger partial charge in [0.15, 0.2) is 0 Å². The van der Waals surface area contributed by atoms with Gasteiger partial charge in [-0.05, 0) is 68.4 Å². The minimum absolute atomic E-state index is 0.0294. The molecule has 0 radical (unpaired) electrons. The third-order valence-electron chi connectivity index (χ3n) is 7.05. The van der Waals surface area contributed by atoms with Gasteiger partial charge in [-0.1, -0.05) is 30.3 Å². The van der Waals surface area contributed by atoms with Crippen LogP contribution in [0.25, 0.3) is 0 Å². The van der Waals surface area contributed by atoms with E-state index >= 15 is 0 Å². The second-order valence-electron chi connectivity index (χ2n) is 9.63. The number of carbonyl (C=O) groups excluding carboxylic acids is 1. The van der Waals surface area contributed by atoms with Crippen molar-refractivity contribution in [2.45, 2.75) is 74.9 Å². The number of ether oxygens (including phenoxy) is 1. The predicted octanol–water partition coefficient (Wildman–Crippen LogP) is 6.31. The van der Waals surface area contributed by atoms with Gasteiger partial charge >= 0.3 is 12.4 Å². The van der Waals surface area contributed by atoms with Crippen LogP contribution in [0.4, 0.5) is 26.3 Å². The van der Waals surface area contributed by atoms with E-state index in [9.17, 15) is 36.2 Å². The Morgan fingerprint density at radius 2 is 1.50 bits per heavy atom. The summed E-state index contributed by atoms with van der Waals surface area (Å²) in [7, 11) is 0. The lowest BCUT2D eigenvalue weighted by Crippen LogP contribution is -2.44. The lowest BCUT2D eigenvalue weighted by atomic mass is 9.64. The molecule has 1 amide bonds. The summed E-state index contributed by atoms with van der Waals surface area (Å²) in [5, 5.41) is 10.9. The average molecular weight is 518 g/mol. The van der Waals surface area contributed by atoms with Crippen LogP contribution in [-0.2, 0) is 27.3 Å². The molecule has 1 aliphatic carbocycles. The number of nitrogens with two attached hydrogens (primary N) is 1. The van der Waals surface area contributed by atoms with Gasteiger partial charge in [0.1, 0.15) is 0 Å². The van der Waals surface area contributed by atoms with Crippen LogP contribution >= 0.6 is 0 Å². The Hall–Kier alpha value is -2.59. The molecule has 4 nitrogen and oxygen atoms in total. The fourth-order valence-corrected chi connectivity index (χ4v) is 4.70. The predicted molar refractivity (Wildman–Crippen MR) is 121 cm³/mol. The van der Waals surface area contributed by atoms with E-state index in [2.05, 4.69) is 0 Å². The summed E-state index contributed by atoms with van der Waals surface area (Å²) in [6.45, 7) is 1.45. The maximum atomic E-state index is 13.3. The Balaban J connectivity index is 1.84. The van der Waals surface area contributed by atoms with Crippen LogP contribution < -0.4 is 5.73 Å². The molecular weight excluding hydrogens is 488 g/mol. The van der Waals surface area contributed by atoms with E-state index < -0.39 is 46.5 Å². The topological polar surface area (TPSA) is 72.6 Å². The molecule has 0 heterocycles. The molecule has 1 atom stereocenters.